The molecule has 4 heteroatoms. The molecule has 0 heterocycles. The van der Waals surface area contributed by atoms with Gasteiger partial charge in [-0.1, -0.05) is 60.7 Å². The van der Waals surface area contributed by atoms with E-state index in [1.165, 1.54) is 11.1 Å². The molecule has 3 N–H and O–H groups in total. The lowest BCUT2D eigenvalue weighted by atomic mass is 10.0. The molecule has 24 heavy (non-hydrogen) atoms. The van der Waals surface area contributed by atoms with Crippen LogP contribution in [-0.2, 0) is 6.61 Å². The van der Waals surface area contributed by atoms with E-state index in [9.17, 15) is 0 Å². The Morgan fingerprint density at radius 2 is 1.58 bits per heavy atom. The summed E-state index contributed by atoms with van der Waals surface area (Å²) in [4.78, 5) is 0. The number of nitrogens with one attached hydrogen (secondary N) is 1. The van der Waals surface area contributed by atoms with Crippen molar-refractivity contribution in [2.75, 3.05) is 5.32 Å². The van der Waals surface area contributed by atoms with Gasteiger partial charge in [0.25, 0.3) is 0 Å². The third kappa shape index (κ3) is 4.33. The summed E-state index contributed by atoms with van der Waals surface area (Å²) in [6, 6.07) is 26.3. The molecule has 3 aromatic rings. The fourth-order valence-electron chi connectivity index (χ4n) is 2.40. The van der Waals surface area contributed by atoms with Crippen LogP contribution in [-0.4, -0.2) is 5.11 Å². The minimum absolute atomic E-state index is 0.239. The third-order valence-corrected chi connectivity index (χ3v) is 3.67. The lowest BCUT2D eigenvalue weighted by molar-refractivity contribution is 0.306. The molecule has 0 spiro atoms. The van der Waals surface area contributed by atoms with Crippen LogP contribution in [0, 0.1) is 0 Å². The molecule has 0 bridgehead atoms. The third-order valence-electron chi connectivity index (χ3n) is 3.57. The summed E-state index contributed by atoms with van der Waals surface area (Å²) in [6.45, 7) is 0.506. The predicted octanol–water partition coefficient (Wildman–Crippen LogP) is 4.59. The Morgan fingerprint density at radius 3 is 2.29 bits per heavy atom. The van der Waals surface area contributed by atoms with E-state index in [4.69, 9.17) is 22.7 Å². The van der Waals surface area contributed by atoms with E-state index in [0.29, 0.717) is 6.61 Å². The molecule has 0 atom stereocenters. The maximum absolute atomic E-state index is 5.84. The first kappa shape index (κ1) is 16.0. The van der Waals surface area contributed by atoms with Crippen molar-refractivity contribution in [1.82, 2.24) is 0 Å². The van der Waals surface area contributed by atoms with E-state index in [1.807, 2.05) is 42.5 Å². The highest BCUT2D eigenvalue weighted by atomic mass is 32.1. The van der Waals surface area contributed by atoms with E-state index >= 15 is 0 Å². The van der Waals surface area contributed by atoms with Crippen molar-refractivity contribution >= 4 is 23.0 Å². The van der Waals surface area contributed by atoms with Crippen molar-refractivity contribution < 1.29 is 4.74 Å². The zero-order valence-electron chi connectivity index (χ0n) is 13.1. The lowest BCUT2D eigenvalue weighted by Gasteiger charge is -2.09. The minimum Gasteiger partial charge on any atom is -0.489 e. The first-order chi connectivity index (χ1) is 11.7. The fourth-order valence-corrected chi connectivity index (χ4v) is 2.51. The summed E-state index contributed by atoms with van der Waals surface area (Å²) in [5, 5.41) is 3.14. The van der Waals surface area contributed by atoms with Crippen LogP contribution in [0.4, 0.5) is 5.69 Å². The van der Waals surface area contributed by atoms with Crippen molar-refractivity contribution in [2.45, 2.75) is 6.61 Å². The van der Waals surface area contributed by atoms with Gasteiger partial charge >= 0.3 is 0 Å². The number of nitrogens with two attached hydrogens (primary N) is 1. The van der Waals surface area contributed by atoms with Gasteiger partial charge in [-0.05, 0) is 41.0 Å². The molecule has 0 saturated heterocycles. The van der Waals surface area contributed by atoms with Gasteiger partial charge in [0.15, 0.2) is 5.11 Å². The smallest absolute Gasteiger partial charge is 0.168 e. The second-order valence-corrected chi connectivity index (χ2v) is 5.81. The summed E-state index contributed by atoms with van der Waals surface area (Å²) in [5.74, 6) is 0.767. The Kier molecular flexibility index (Phi) is 5.08. The van der Waals surface area contributed by atoms with Gasteiger partial charge in [-0.2, -0.15) is 0 Å². The van der Waals surface area contributed by atoms with Crippen LogP contribution < -0.4 is 15.8 Å². The van der Waals surface area contributed by atoms with E-state index in [1.54, 1.807) is 0 Å². The van der Waals surface area contributed by atoms with Gasteiger partial charge in [-0.3, -0.25) is 0 Å². The van der Waals surface area contributed by atoms with Crippen LogP contribution in [0.15, 0.2) is 78.9 Å². The molecule has 0 aliphatic carbocycles. The number of anilines is 1. The molecular formula is C20H18N2OS. The number of rotatable bonds is 5. The fraction of sp³-hybridized carbons (Fsp3) is 0.0500. The first-order valence-corrected chi connectivity index (χ1v) is 8.05. The molecule has 3 aromatic carbocycles. The Labute approximate surface area is 147 Å². The molecule has 0 amide bonds. The second kappa shape index (κ2) is 7.62. The molecule has 0 fully saturated rings. The number of benzene rings is 3. The molecule has 0 aliphatic heterocycles. The average molecular weight is 334 g/mol. The first-order valence-electron chi connectivity index (χ1n) is 7.64. The van der Waals surface area contributed by atoms with E-state index in [-0.39, 0.29) is 5.11 Å². The van der Waals surface area contributed by atoms with Gasteiger partial charge < -0.3 is 15.8 Å². The molecule has 3 rings (SSSR count). The summed E-state index contributed by atoms with van der Waals surface area (Å²) >= 11 is 4.84. The molecule has 0 unspecified atom stereocenters. The maximum atomic E-state index is 5.84. The van der Waals surface area contributed by atoms with Crippen molar-refractivity contribution in [3.05, 3.63) is 84.4 Å². The van der Waals surface area contributed by atoms with Gasteiger partial charge in [0, 0.05) is 11.8 Å². The number of hydrogen-bond acceptors (Lipinski definition) is 2. The van der Waals surface area contributed by atoms with Crippen LogP contribution in [0.3, 0.4) is 0 Å². The zero-order valence-corrected chi connectivity index (χ0v) is 13.9. The van der Waals surface area contributed by atoms with Gasteiger partial charge in [-0.25, -0.2) is 0 Å². The monoisotopic (exact) mass is 334 g/mol. The highest BCUT2D eigenvalue weighted by molar-refractivity contribution is 7.80. The molecule has 0 radical (unpaired) electrons. The molecule has 0 saturated carbocycles. The predicted molar refractivity (Wildman–Crippen MR) is 103 cm³/mol. The molecule has 0 aliphatic rings. The van der Waals surface area contributed by atoms with Crippen molar-refractivity contribution in [3.63, 3.8) is 0 Å². The summed E-state index contributed by atoms with van der Waals surface area (Å²) in [5.41, 5.74) is 9.82. The number of hydrogen-bond donors (Lipinski definition) is 2. The molecule has 120 valence electrons. The van der Waals surface area contributed by atoms with Crippen LogP contribution in [0.25, 0.3) is 11.1 Å². The van der Waals surface area contributed by atoms with Gasteiger partial charge in [-0.15, -0.1) is 0 Å². The Hall–Kier alpha value is -2.85. The van der Waals surface area contributed by atoms with Crippen LogP contribution in [0.2, 0.25) is 0 Å². The Balaban J connectivity index is 1.64. The van der Waals surface area contributed by atoms with Gasteiger partial charge in [0.05, 0.1) is 0 Å². The largest absolute Gasteiger partial charge is 0.489 e. The maximum Gasteiger partial charge on any atom is 0.168 e. The average Bonchev–Trinajstić information content (AvgIpc) is 2.61. The van der Waals surface area contributed by atoms with Gasteiger partial charge in [0.2, 0.25) is 0 Å². The van der Waals surface area contributed by atoms with Crippen LogP contribution in [0.5, 0.6) is 5.75 Å². The van der Waals surface area contributed by atoms with E-state index in [2.05, 4.69) is 41.7 Å². The Morgan fingerprint density at radius 1 is 0.875 bits per heavy atom. The summed E-state index contributed by atoms with van der Waals surface area (Å²) < 4.78 is 5.84. The molecule has 3 nitrogen and oxygen atoms in total. The molecular weight excluding hydrogens is 316 g/mol. The van der Waals surface area contributed by atoms with Crippen LogP contribution >= 0.6 is 12.2 Å². The highest BCUT2D eigenvalue weighted by Crippen LogP contribution is 2.21. The zero-order chi connectivity index (χ0) is 16.8. The van der Waals surface area contributed by atoms with Gasteiger partial charge in [0.1, 0.15) is 12.4 Å². The SMILES string of the molecule is NC(=S)Nc1cccc(OCc2ccc(-c3ccccc3)cc2)c1. The quantitative estimate of drug-likeness (QED) is 0.670. The second-order valence-electron chi connectivity index (χ2n) is 5.37. The van der Waals surface area contributed by atoms with Crippen molar-refractivity contribution in [3.8, 4) is 16.9 Å². The van der Waals surface area contributed by atoms with Crippen molar-refractivity contribution in [1.29, 1.82) is 0 Å². The topological polar surface area (TPSA) is 47.3 Å². The summed E-state index contributed by atoms with van der Waals surface area (Å²) in [7, 11) is 0. The molecule has 0 aromatic heterocycles. The van der Waals surface area contributed by atoms with Crippen molar-refractivity contribution in [2.24, 2.45) is 5.73 Å². The summed E-state index contributed by atoms with van der Waals surface area (Å²) in [6.07, 6.45) is 0. The lowest BCUT2D eigenvalue weighted by Crippen LogP contribution is -2.18. The van der Waals surface area contributed by atoms with Crippen LogP contribution in [0.1, 0.15) is 5.56 Å². The van der Waals surface area contributed by atoms with E-state index in [0.717, 1.165) is 17.0 Å². The Bertz CT molecular complexity index is 817. The standard InChI is InChI=1S/C20H18N2OS/c21-20(24)22-18-7-4-8-19(13-18)23-14-15-9-11-17(12-10-15)16-5-2-1-3-6-16/h1-13H,14H2,(H3,21,22,24). The highest BCUT2D eigenvalue weighted by Gasteiger charge is 2.01. The minimum atomic E-state index is 0.239. The normalized spacial score (nSPS) is 10.2. The number of ether oxygens (including phenoxy) is 1. The number of thiocarbonyl (C=S) groups is 1. The van der Waals surface area contributed by atoms with E-state index < -0.39 is 0 Å².